The van der Waals surface area contributed by atoms with E-state index in [0.717, 1.165) is 17.0 Å². The molecule has 1 fully saturated rings. The molecular formula is C24H26N4O4. The van der Waals surface area contributed by atoms with Gasteiger partial charge in [0.25, 0.3) is 5.91 Å². The molecule has 166 valence electrons. The third-order valence-corrected chi connectivity index (χ3v) is 5.41. The first-order valence-corrected chi connectivity index (χ1v) is 10.6. The number of aromatic nitrogens is 2. The molecule has 4 rings (SSSR count). The van der Waals surface area contributed by atoms with Gasteiger partial charge in [-0.1, -0.05) is 18.2 Å². The quantitative estimate of drug-likeness (QED) is 0.615. The van der Waals surface area contributed by atoms with E-state index in [1.54, 1.807) is 28.5 Å². The number of amides is 2. The third kappa shape index (κ3) is 4.44. The highest BCUT2D eigenvalue weighted by Crippen LogP contribution is 2.25. The van der Waals surface area contributed by atoms with Crippen LogP contribution in [0.4, 0.5) is 4.79 Å². The van der Waals surface area contributed by atoms with Crippen LogP contribution in [0.25, 0.3) is 16.9 Å². The Morgan fingerprint density at radius 2 is 1.59 bits per heavy atom. The van der Waals surface area contributed by atoms with E-state index in [1.807, 2.05) is 60.7 Å². The SMILES string of the molecule is CCOC(=O)N1CCN(C(=O)c2cc(-c3ccc(OC)cc3)nn2-c2ccccc2)CC1. The van der Waals surface area contributed by atoms with Crippen molar-refractivity contribution in [2.75, 3.05) is 39.9 Å². The predicted molar refractivity (Wildman–Crippen MR) is 120 cm³/mol. The molecule has 8 nitrogen and oxygen atoms in total. The standard InChI is InChI=1S/C24H26N4O4/c1-3-32-24(30)27-15-13-26(14-16-27)23(29)22-17-21(18-9-11-20(31-2)12-10-18)25-28(22)19-7-5-4-6-8-19/h4-12,17H,3,13-16H2,1-2H3. The topological polar surface area (TPSA) is 76.9 Å². The van der Waals surface area contributed by atoms with Gasteiger partial charge in [-0.3, -0.25) is 4.79 Å². The maximum atomic E-state index is 13.5. The lowest BCUT2D eigenvalue weighted by Gasteiger charge is -2.34. The molecule has 3 aromatic rings. The molecule has 0 unspecified atom stereocenters. The van der Waals surface area contributed by atoms with Crippen molar-refractivity contribution in [1.29, 1.82) is 0 Å². The maximum Gasteiger partial charge on any atom is 0.409 e. The van der Waals surface area contributed by atoms with Crippen LogP contribution in [0, 0.1) is 0 Å². The molecule has 0 bridgehead atoms. The van der Waals surface area contributed by atoms with Gasteiger partial charge in [-0.05, 0) is 49.4 Å². The average Bonchev–Trinajstić information content (AvgIpc) is 3.30. The van der Waals surface area contributed by atoms with Crippen molar-refractivity contribution in [2.24, 2.45) is 0 Å². The monoisotopic (exact) mass is 434 g/mol. The fraction of sp³-hybridized carbons (Fsp3) is 0.292. The Bertz CT molecular complexity index is 1070. The Kier molecular flexibility index (Phi) is 6.39. The van der Waals surface area contributed by atoms with Crippen molar-refractivity contribution in [3.8, 4) is 22.7 Å². The van der Waals surface area contributed by atoms with Crippen molar-refractivity contribution in [2.45, 2.75) is 6.92 Å². The largest absolute Gasteiger partial charge is 0.497 e. The van der Waals surface area contributed by atoms with Gasteiger partial charge in [-0.15, -0.1) is 0 Å². The van der Waals surface area contributed by atoms with Crippen molar-refractivity contribution in [1.82, 2.24) is 19.6 Å². The molecule has 32 heavy (non-hydrogen) atoms. The second kappa shape index (κ2) is 9.55. The van der Waals surface area contributed by atoms with Gasteiger partial charge in [0.05, 0.1) is 25.1 Å². The van der Waals surface area contributed by atoms with Crippen molar-refractivity contribution < 1.29 is 19.1 Å². The van der Waals surface area contributed by atoms with Gasteiger partial charge in [0, 0.05) is 31.7 Å². The third-order valence-electron chi connectivity index (χ3n) is 5.41. The smallest absolute Gasteiger partial charge is 0.409 e. The molecule has 0 spiro atoms. The number of carbonyl (C=O) groups excluding carboxylic acids is 2. The summed E-state index contributed by atoms with van der Waals surface area (Å²) < 4.78 is 12.0. The van der Waals surface area contributed by atoms with Crippen LogP contribution < -0.4 is 4.74 Å². The van der Waals surface area contributed by atoms with Crippen molar-refractivity contribution in [3.05, 3.63) is 66.4 Å². The maximum absolute atomic E-state index is 13.5. The van der Waals surface area contributed by atoms with Gasteiger partial charge in [-0.25, -0.2) is 9.48 Å². The van der Waals surface area contributed by atoms with Crippen molar-refractivity contribution in [3.63, 3.8) is 0 Å². The molecule has 0 radical (unpaired) electrons. The predicted octanol–water partition coefficient (Wildman–Crippen LogP) is 3.46. The van der Waals surface area contributed by atoms with E-state index in [1.165, 1.54) is 0 Å². The molecule has 1 aliphatic heterocycles. The summed E-state index contributed by atoms with van der Waals surface area (Å²) in [6.45, 7) is 3.88. The number of piperazine rings is 1. The highest BCUT2D eigenvalue weighted by atomic mass is 16.6. The zero-order valence-electron chi connectivity index (χ0n) is 18.2. The minimum absolute atomic E-state index is 0.121. The molecule has 0 N–H and O–H groups in total. The number of nitrogens with zero attached hydrogens (tertiary/aromatic N) is 4. The van der Waals surface area contributed by atoms with Gasteiger partial charge in [0.1, 0.15) is 11.4 Å². The summed E-state index contributed by atoms with van der Waals surface area (Å²) in [6, 6.07) is 19.0. The second-order valence-corrected chi connectivity index (χ2v) is 7.37. The molecule has 0 atom stereocenters. The van der Waals surface area contributed by atoms with Gasteiger partial charge in [0.2, 0.25) is 0 Å². The van der Waals surface area contributed by atoms with Crippen LogP contribution in [0.5, 0.6) is 5.75 Å². The molecule has 1 aromatic heterocycles. The lowest BCUT2D eigenvalue weighted by molar-refractivity contribution is 0.0563. The summed E-state index contributed by atoms with van der Waals surface area (Å²) in [7, 11) is 1.62. The molecule has 1 saturated heterocycles. The number of hydrogen-bond acceptors (Lipinski definition) is 5. The molecular weight excluding hydrogens is 408 g/mol. The van der Waals surface area contributed by atoms with E-state index in [2.05, 4.69) is 0 Å². The number of rotatable bonds is 5. The van der Waals surface area contributed by atoms with Crippen LogP contribution >= 0.6 is 0 Å². The van der Waals surface area contributed by atoms with Crippen LogP contribution in [-0.2, 0) is 4.74 Å². The Balaban J connectivity index is 1.61. The number of benzene rings is 2. The fourth-order valence-electron chi connectivity index (χ4n) is 3.67. The number of para-hydroxylation sites is 1. The first-order chi connectivity index (χ1) is 15.6. The van der Waals surface area contributed by atoms with Crippen LogP contribution in [-0.4, -0.2) is 71.5 Å². The van der Waals surface area contributed by atoms with Crippen LogP contribution in [0.2, 0.25) is 0 Å². The van der Waals surface area contributed by atoms with Gasteiger partial charge >= 0.3 is 6.09 Å². The Labute approximate surface area is 187 Å². The number of ether oxygens (including phenoxy) is 2. The van der Waals surface area contributed by atoms with Crippen molar-refractivity contribution >= 4 is 12.0 Å². The Morgan fingerprint density at radius 3 is 2.22 bits per heavy atom. The summed E-state index contributed by atoms with van der Waals surface area (Å²) in [5, 5.41) is 4.73. The average molecular weight is 434 g/mol. The second-order valence-electron chi connectivity index (χ2n) is 7.37. The van der Waals surface area contributed by atoms with Gasteiger partial charge in [-0.2, -0.15) is 5.10 Å². The van der Waals surface area contributed by atoms with E-state index >= 15 is 0 Å². The fourth-order valence-corrected chi connectivity index (χ4v) is 3.67. The first kappa shape index (κ1) is 21.4. The minimum Gasteiger partial charge on any atom is -0.497 e. The molecule has 2 amide bonds. The summed E-state index contributed by atoms with van der Waals surface area (Å²) >= 11 is 0. The van der Waals surface area contributed by atoms with E-state index in [9.17, 15) is 9.59 Å². The Hall–Kier alpha value is -3.81. The zero-order valence-corrected chi connectivity index (χ0v) is 18.2. The number of carbonyl (C=O) groups is 2. The molecule has 0 aliphatic carbocycles. The Morgan fingerprint density at radius 1 is 0.938 bits per heavy atom. The van der Waals surface area contributed by atoms with E-state index in [4.69, 9.17) is 14.6 Å². The zero-order chi connectivity index (χ0) is 22.5. The highest BCUT2D eigenvalue weighted by molar-refractivity contribution is 5.94. The summed E-state index contributed by atoms with van der Waals surface area (Å²) in [6.07, 6.45) is -0.337. The summed E-state index contributed by atoms with van der Waals surface area (Å²) in [5.41, 5.74) is 2.87. The molecule has 1 aliphatic rings. The molecule has 2 aromatic carbocycles. The van der Waals surface area contributed by atoms with E-state index in [0.29, 0.717) is 44.2 Å². The van der Waals surface area contributed by atoms with Crippen LogP contribution in [0.1, 0.15) is 17.4 Å². The highest BCUT2D eigenvalue weighted by Gasteiger charge is 2.28. The number of hydrogen-bond donors (Lipinski definition) is 0. The van der Waals surface area contributed by atoms with Crippen LogP contribution in [0.3, 0.4) is 0 Å². The molecule has 8 heteroatoms. The van der Waals surface area contributed by atoms with Gasteiger partial charge < -0.3 is 19.3 Å². The van der Waals surface area contributed by atoms with Gasteiger partial charge in [0.15, 0.2) is 0 Å². The van der Waals surface area contributed by atoms with E-state index < -0.39 is 0 Å². The normalized spacial score (nSPS) is 13.7. The first-order valence-electron chi connectivity index (χ1n) is 10.6. The number of methoxy groups -OCH3 is 1. The molecule has 2 heterocycles. The van der Waals surface area contributed by atoms with Crippen LogP contribution in [0.15, 0.2) is 60.7 Å². The summed E-state index contributed by atoms with van der Waals surface area (Å²) in [4.78, 5) is 28.8. The molecule has 0 saturated carbocycles. The lowest BCUT2D eigenvalue weighted by atomic mass is 10.1. The lowest BCUT2D eigenvalue weighted by Crippen LogP contribution is -2.51. The van der Waals surface area contributed by atoms with E-state index in [-0.39, 0.29) is 12.0 Å². The minimum atomic E-state index is -0.337. The summed E-state index contributed by atoms with van der Waals surface area (Å²) in [5.74, 6) is 0.636.